The molecule has 1 amide bonds. The molecule has 1 atom stereocenters. The molecule has 0 saturated heterocycles. The zero-order valence-electron chi connectivity index (χ0n) is 10.3. The fourth-order valence-electron chi connectivity index (χ4n) is 1.84. The van der Waals surface area contributed by atoms with Crippen LogP contribution in [-0.2, 0) is 0 Å². The number of rotatable bonds is 4. The third-order valence-corrected chi connectivity index (χ3v) is 2.81. The first kappa shape index (κ1) is 12.3. The van der Waals surface area contributed by atoms with Crippen LogP contribution < -0.4 is 5.32 Å². The number of pyridine rings is 1. The Bertz CT molecular complexity index is 496. The largest absolute Gasteiger partial charge is 0.344 e. The van der Waals surface area contributed by atoms with Gasteiger partial charge >= 0.3 is 0 Å². The van der Waals surface area contributed by atoms with Gasteiger partial charge in [-0.2, -0.15) is 0 Å². The van der Waals surface area contributed by atoms with Gasteiger partial charge in [0.05, 0.1) is 6.04 Å². The normalized spacial score (nSPS) is 11.8. The number of amides is 1. The topological polar surface area (TPSA) is 42.0 Å². The van der Waals surface area contributed by atoms with Gasteiger partial charge in [0.2, 0.25) is 0 Å². The van der Waals surface area contributed by atoms with Crippen molar-refractivity contribution in [2.45, 2.75) is 19.4 Å². The van der Waals surface area contributed by atoms with Crippen molar-refractivity contribution in [2.75, 3.05) is 0 Å². The summed E-state index contributed by atoms with van der Waals surface area (Å²) >= 11 is 0. The molecule has 0 aliphatic heterocycles. The molecule has 2 aromatic rings. The summed E-state index contributed by atoms with van der Waals surface area (Å²) in [7, 11) is 0. The summed E-state index contributed by atoms with van der Waals surface area (Å²) < 4.78 is 0. The van der Waals surface area contributed by atoms with E-state index in [9.17, 15) is 4.79 Å². The molecule has 0 bridgehead atoms. The van der Waals surface area contributed by atoms with Gasteiger partial charge in [0, 0.05) is 6.20 Å². The molecule has 0 fully saturated rings. The van der Waals surface area contributed by atoms with Crippen molar-refractivity contribution in [1.29, 1.82) is 0 Å². The summed E-state index contributed by atoms with van der Waals surface area (Å²) in [5, 5.41) is 3.00. The molecule has 92 valence electrons. The van der Waals surface area contributed by atoms with Crippen LogP contribution in [0.4, 0.5) is 0 Å². The van der Waals surface area contributed by atoms with Crippen LogP contribution in [0.2, 0.25) is 0 Å². The molecule has 1 aromatic heterocycles. The van der Waals surface area contributed by atoms with Gasteiger partial charge in [-0.25, -0.2) is 0 Å². The van der Waals surface area contributed by atoms with Crippen LogP contribution in [0.15, 0.2) is 54.7 Å². The highest BCUT2D eigenvalue weighted by Gasteiger charge is 2.14. The molecule has 1 aromatic carbocycles. The molecule has 1 heterocycles. The molecule has 3 heteroatoms. The minimum Gasteiger partial charge on any atom is -0.344 e. The van der Waals surface area contributed by atoms with Crippen molar-refractivity contribution in [3.05, 3.63) is 66.0 Å². The van der Waals surface area contributed by atoms with E-state index in [1.807, 2.05) is 36.4 Å². The standard InChI is InChI=1S/C15H16N2O/c1-2-13(12-8-4-3-5-9-12)17-15(18)14-10-6-7-11-16-14/h3-11,13H,2H2,1H3,(H,17,18). The molecular weight excluding hydrogens is 224 g/mol. The molecule has 3 nitrogen and oxygen atoms in total. The van der Waals surface area contributed by atoms with Gasteiger partial charge in [-0.3, -0.25) is 9.78 Å². The summed E-state index contributed by atoms with van der Waals surface area (Å²) in [5.74, 6) is -0.133. The quantitative estimate of drug-likeness (QED) is 0.892. The smallest absolute Gasteiger partial charge is 0.270 e. The lowest BCUT2D eigenvalue weighted by Gasteiger charge is -2.17. The SMILES string of the molecule is CCC(NC(=O)c1ccccn1)c1ccccc1. The maximum atomic E-state index is 12.0. The molecule has 1 N–H and O–H groups in total. The highest BCUT2D eigenvalue weighted by atomic mass is 16.1. The number of nitrogens with one attached hydrogen (secondary N) is 1. The Balaban J connectivity index is 2.10. The predicted octanol–water partition coefficient (Wildman–Crippen LogP) is 2.96. The number of nitrogens with zero attached hydrogens (tertiary/aromatic N) is 1. The van der Waals surface area contributed by atoms with Crippen LogP contribution in [-0.4, -0.2) is 10.9 Å². The first-order valence-electron chi connectivity index (χ1n) is 6.08. The lowest BCUT2D eigenvalue weighted by atomic mass is 10.0. The molecule has 0 radical (unpaired) electrons. The Morgan fingerprint density at radius 1 is 1.17 bits per heavy atom. The van der Waals surface area contributed by atoms with Crippen LogP contribution in [0.1, 0.15) is 35.4 Å². The molecule has 0 spiro atoms. The maximum Gasteiger partial charge on any atom is 0.270 e. The van der Waals surface area contributed by atoms with Crippen LogP contribution >= 0.6 is 0 Å². The molecule has 0 saturated carbocycles. The fraction of sp³-hybridized carbons (Fsp3) is 0.200. The second-order valence-electron chi connectivity index (χ2n) is 4.06. The van der Waals surface area contributed by atoms with Gasteiger partial charge in [-0.15, -0.1) is 0 Å². The van der Waals surface area contributed by atoms with Crippen molar-refractivity contribution in [1.82, 2.24) is 10.3 Å². The molecule has 1 unspecified atom stereocenters. The van der Waals surface area contributed by atoms with Gasteiger partial charge in [0.25, 0.3) is 5.91 Å². The lowest BCUT2D eigenvalue weighted by Crippen LogP contribution is -2.28. The van der Waals surface area contributed by atoms with Crippen LogP contribution in [0.25, 0.3) is 0 Å². The molecule has 2 rings (SSSR count). The Kier molecular flexibility index (Phi) is 4.07. The van der Waals surface area contributed by atoms with Gasteiger partial charge in [0.1, 0.15) is 5.69 Å². The van der Waals surface area contributed by atoms with E-state index in [0.717, 1.165) is 12.0 Å². The Hall–Kier alpha value is -2.16. The van der Waals surface area contributed by atoms with Crippen LogP contribution in [0, 0.1) is 0 Å². The van der Waals surface area contributed by atoms with E-state index in [1.54, 1.807) is 18.3 Å². The van der Waals surface area contributed by atoms with E-state index >= 15 is 0 Å². The highest BCUT2D eigenvalue weighted by Crippen LogP contribution is 2.16. The zero-order valence-corrected chi connectivity index (χ0v) is 10.3. The fourth-order valence-corrected chi connectivity index (χ4v) is 1.84. The number of carbonyl (C=O) groups is 1. The number of hydrogen-bond acceptors (Lipinski definition) is 2. The first-order chi connectivity index (χ1) is 8.81. The maximum absolute atomic E-state index is 12.0. The summed E-state index contributed by atoms with van der Waals surface area (Å²) in [4.78, 5) is 16.1. The van der Waals surface area contributed by atoms with Crippen molar-refractivity contribution in [3.63, 3.8) is 0 Å². The van der Waals surface area contributed by atoms with Gasteiger partial charge in [-0.1, -0.05) is 43.3 Å². The average Bonchev–Trinajstić information content (AvgIpc) is 2.46. The van der Waals surface area contributed by atoms with E-state index in [0.29, 0.717) is 5.69 Å². The number of aromatic nitrogens is 1. The van der Waals surface area contributed by atoms with Crippen molar-refractivity contribution < 1.29 is 4.79 Å². The average molecular weight is 240 g/mol. The molecular formula is C15H16N2O. The van der Waals surface area contributed by atoms with E-state index < -0.39 is 0 Å². The second kappa shape index (κ2) is 5.96. The van der Waals surface area contributed by atoms with Gasteiger partial charge < -0.3 is 5.32 Å². The van der Waals surface area contributed by atoms with Crippen molar-refractivity contribution >= 4 is 5.91 Å². The molecule has 18 heavy (non-hydrogen) atoms. The summed E-state index contributed by atoms with van der Waals surface area (Å²) in [6, 6.07) is 15.3. The minimum absolute atomic E-state index is 0.0284. The third-order valence-electron chi connectivity index (χ3n) is 2.81. The Morgan fingerprint density at radius 3 is 2.50 bits per heavy atom. The number of carbonyl (C=O) groups excluding carboxylic acids is 1. The second-order valence-corrected chi connectivity index (χ2v) is 4.06. The minimum atomic E-state index is -0.133. The van der Waals surface area contributed by atoms with Crippen molar-refractivity contribution in [3.8, 4) is 0 Å². The van der Waals surface area contributed by atoms with Crippen molar-refractivity contribution in [2.24, 2.45) is 0 Å². The Morgan fingerprint density at radius 2 is 1.89 bits per heavy atom. The van der Waals surface area contributed by atoms with E-state index in [2.05, 4.69) is 17.2 Å². The number of benzene rings is 1. The van der Waals surface area contributed by atoms with Gasteiger partial charge in [-0.05, 0) is 24.1 Å². The van der Waals surface area contributed by atoms with E-state index in [-0.39, 0.29) is 11.9 Å². The molecule has 0 aliphatic rings. The number of hydrogen-bond donors (Lipinski definition) is 1. The Labute approximate surface area is 107 Å². The first-order valence-corrected chi connectivity index (χ1v) is 6.08. The van der Waals surface area contributed by atoms with E-state index in [1.165, 1.54) is 0 Å². The summed E-state index contributed by atoms with van der Waals surface area (Å²) in [6.45, 7) is 2.05. The summed E-state index contributed by atoms with van der Waals surface area (Å²) in [6.07, 6.45) is 2.47. The molecule has 0 aliphatic carbocycles. The van der Waals surface area contributed by atoms with E-state index in [4.69, 9.17) is 0 Å². The zero-order chi connectivity index (χ0) is 12.8. The monoisotopic (exact) mass is 240 g/mol. The van der Waals surface area contributed by atoms with Crippen LogP contribution in [0.3, 0.4) is 0 Å². The highest BCUT2D eigenvalue weighted by molar-refractivity contribution is 5.92. The predicted molar refractivity (Wildman–Crippen MR) is 71.2 cm³/mol. The summed E-state index contributed by atoms with van der Waals surface area (Å²) in [5.41, 5.74) is 1.57. The third kappa shape index (κ3) is 2.94. The van der Waals surface area contributed by atoms with Gasteiger partial charge in [0.15, 0.2) is 0 Å². The lowest BCUT2D eigenvalue weighted by molar-refractivity contribution is 0.0930. The van der Waals surface area contributed by atoms with Crippen LogP contribution in [0.5, 0.6) is 0 Å².